The lowest BCUT2D eigenvalue weighted by Crippen LogP contribution is -2.11. The number of H-pyrrole nitrogens is 1. The van der Waals surface area contributed by atoms with Gasteiger partial charge in [-0.1, -0.05) is 13.8 Å². The predicted octanol–water partition coefficient (Wildman–Crippen LogP) is 1.46. The number of hydrogen-bond donors (Lipinski definition) is 2. The fourth-order valence-electron chi connectivity index (χ4n) is 0.974. The highest BCUT2D eigenvalue weighted by molar-refractivity contribution is 7.71. The summed E-state index contributed by atoms with van der Waals surface area (Å²) >= 11 is 4.72. The summed E-state index contributed by atoms with van der Waals surface area (Å²) in [6.07, 6.45) is 0. The van der Waals surface area contributed by atoms with Gasteiger partial charge in [-0.2, -0.15) is 0 Å². The van der Waals surface area contributed by atoms with Crippen molar-refractivity contribution in [3.63, 3.8) is 0 Å². The molecule has 1 unspecified atom stereocenters. The average Bonchev–Trinajstić information content (AvgIpc) is 2.37. The lowest BCUT2D eigenvalue weighted by atomic mass is 9.97. The monoisotopic (exact) mass is 188 g/mol. The molecule has 1 aromatic heterocycles. The summed E-state index contributed by atoms with van der Waals surface area (Å²) in [5, 5.41) is 15.4. The highest BCUT2D eigenvalue weighted by atomic mass is 32.1. The summed E-state index contributed by atoms with van der Waals surface area (Å²) in [4.78, 5) is 0.254. The number of aliphatic hydroxyl groups is 1. The van der Waals surface area contributed by atoms with Crippen molar-refractivity contribution in [1.29, 1.82) is 0 Å². The van der Waals surface area contributed by atoms with Crippen LogP contribution in [0.2, 0.25) is 0 Å². The van der Waals surface area contributed by atoms with E-state index in [2.05, 4.69) is 10.2 Å². The first-order valence-electron chi connectivity index (χ1n) is 3.81. The van der Waals surface area contributed by atoms with Crippen molar-refractivity contribution < 1.29 is 9.52 Å². The van der Waals surface area contributed by atoms with Crippen LogP contribution in [0, 0.1) is 10.8 Å². The Morgan fingerprint density at radius 3 is 2.67 bits per heavy atom. The lowest BCUT2D eigenvalue weighted by Gasteiger charge is -2.12. The molecule has 12 heavy (non-hydrogen) atoms. The molecule has 0 aliphatic carbocycles. The van der Waals surface area contributed by atoms with Crippen LogP contribution in [-0.4, -0.2) is 21.9 Å². The van der Waals surface area contributed by atoms with E-state index in [0.29, 0.717) is 5.89 Å². The van der Waals surface area contributed by atoms with Crippen LogP contribution >= 0.6 is 12.2 Å². The topological polar surface area (TPSA) is 62.1 Å². The molecule has 1 aromatic rings. The van der Waals surface area contributed by atoms with E-state index < -0.39 is 0 Å². The molecule has 0 radical (unpaired) electrons. The van der Waals surface area contributed by atoms with Crippen molar-refractivity contribution in [3.05, 3.63) is 10.7 Å². The van der Waals surface area contributed by atoms with Gasteiger partial charge in [0.25, 0.3) is 4.84 Å². The predicted molar refractivity (Wildman–Crippen MR) is 46.4 cm³/mol. The minimum Gasteiger partial charge on any atom is -0.414 e. The van der Waals surface area contributed by atoms with Gasteiger partial charge in [0.15, 0.2) is 0 Å². The van der Waals surface area contributed by atoms with E-state index in [1.54, 1.807) is 0 Å². The van der Waals surface area contributed by atoms with E-state index in [0.717, 1.165) is 0 Å². The summed E-state index contributed by atoms with van der Waals surface area (Å²) in [6.45, 7) is 4.02. The number of aromatic nitrogens is 2. The molecule has 0 aromatic carbocycles. The number of aliphatic hydroxyl groups excluding tert-OH is 1. The maximum Gasteiger partial charge on any atom is 0.284 e. The summed E-state index contributed by atoms with van der Waals surface area (Å²) in [6, 6.07) is 0. The van der Waals surface area contributed by atoms with Gasteiger partial charge in [0, 0.05) is 0 Å². The van der Waals surface area contributed by atoms with Crippen LogP contribution in [0.5, 0.6) is 0 Å². The van der Waals surface area contributed by atoms with Gasteiger partial charge in [0.05, 0.1) is 12.5 Å². The van der Waals surface area contributed by atoms with Crippen LogP contribution in [0.4, 0.5) is 0 Å². The van der Waals surface area contributed by atoms with Crippen molar-refractivity contribution in [2.24, 2.45) is 5.92 Å². The number of aromatic amines is 1. The van der Waals surface area contributed by atoms with Crippen LogP contribution in [0.15, 0.2) is 4.42 Å². The standard InChI is InChI=1S/C7H12N2O2S/c1-4(2)5(3-10)6-8-9-7(12)11-6/h4-5,10H,3H2,1-2H3,(H,9,12). The molecule has 0 bridgehead atoms. The Bertz CT molecular complexity index is 292. The van der Waals surface area contributed by atoms with E-state index in [1.165, 1.54) is 0 Å². The van der Waals surface area contributed by atoms with Crippen LogP contribution < -0.4 is 0 Å². The first-order valence-corrected chi connectivity index (χ1v) is 4.22. The van der Waals surface area contributed by atoms with Crippen molar-refractivity contribution >= 4 is 12.2 Å². The molecule has 0 saturated carbocycles. The molecule has 0 fully saturated rings. The van der Waals surface area contributed by atoms with Gasteiger partial charge >= 0.3 is 0 Å². The number of rotatable bonds is 3. The Morgan fingerprint density at radius 1 is 1.67 bits per heavy atom. The molecule has 1 rings (SSSR count). The van der Waals surface area contributed by atoms with Crippen LogP contribution in [0.25, 0.3) is 0 Å². The van der Waals surface area contributed by atoms with E-state index in [9.17, 15) is 0 Å². The van der Waals surface area contributed by atoms with Crippen molar-refractivity contribution in [1.82, 2.24) is 10.2 Å². The third-order valence-electron chi connectivity index (χ3n) is 1.77. The van der Waals surface area contributed by atoms with Gasteiger partial charge in [0.1, 0.15) is 0 Å². The molecular formula is C7H12N2O2S. The van der Waals surface area contributed by atoms with E-state index in [4.69, 9.17) is 21.7 Å². The Hall–Kier alpha value is -0.680. The molecule has 4 nitrogen and oxygen atoms in total. The van der Waals surface area contributed by atoms with Crippen molar-refractivity contribution in [3.8, 4) is 0 Å². The Kier molecular flexibility index (Phi) is 2.99. The van der Waals surface area contributed by atoms with Crippen molar-refractivity contribution in [2.45, 2.75) is 19.8 Å². The van der Waals surface area contributed by atoms with E-state index in [1.807, 2.05) is 13.8 Å². The van der Waals surface area contributed by atoms with E-state index >= 15 is 0 Å². The molecule has 5 heteroatoms. The summed E-state index contributed by atoms with van der Waals surface area (Å²) in [7, 11) is 0. The highest BCUT2D eigenvalue weighted by Crippen LogP contribution is 2.21. The van der Waals surface area contributed by atoms with Gasteiger partial charge in [-0.3, -0.25) is 0 Å². The summed E-state index contributed by atoms with van der Waals surface area (Å²) in [5.74, 6) is 0.701. The molecule has 1 atom stereocenters. The maximum absolute atomic E-state index is 9.01. The zero-order valence-corrected chi connectivity index (χ0v) is 7.89. The number of hydrogen-bond acceptors (Lipinski definition) is 4. The molecule has 0 aliphatic rings. The Morgan fingerprint density at radius 2 is 2.33 bits per heavy atom. The van der Waals surface area contributed by atoms with E-state index in [-0.39, 0.29) is 23.3 Å². The first kappa shape index (κ1) is 9.41. The average molecular weight is 188 g/mol. The second kappa shape index (κ2) is 3.82. The summed E-state index contributed by atoms with van der Waals surface area (Å²) in [5.41, 5.74) is 0. The third-order valence-corrected chi connectivity index (χ3v) is 1.95. The largest absolute Gasteiger partial charge is 0.414 e. The lowest BCUT2D eigenvalue weighted by molar-refractivity contribution is 0.214. The highest BCUT2D eigenvalue weighted by Gasteiger charge is 2.19. The van der Waals surface area contributed by atoms with Gasteiger partial charge < -0.3 is 9.52 Å². The minimum atomic E-state index is -0.0713. The van der Waals surface area contributed by atoms with Gasteiger partial charge in [-0.15, -0.1) is 5.10 Å². The Labute approximate surface area is 75.6 Å². The smallest absolute Gasteiger partial charge is 0.284 e. The molecule has 68 valence electrons. The number of nitrogens with zero attached hydrogens (tertiary/aromatic N) is 1. The normalized spacial score (nSPS) is 13.7. The third kappa shape index (κ3) is 1.92. The first-order chi connectivity index (χ1) is 5.65. The fraction of sp³-hybridized carbons (Fsp3) is 0.714. The zero-order chi connectivity index (χ0) is 9.14. The molecule has 1 heterocycles. The fourth-order valence-corrected chi connectivity index (χ4v) is 1.11. The molecule has 2 N–H and O–H groups in total. The van der Waals surface area contributed by atoms with Gasteiger partial charge in [-0.05, 0) is 18.1 Å². The zero-order valence-electron chi connectivity index (χ0n) is 7.07. The van der Waals surface area contributed by atoms with Crippen LogP contribution in [0.1, 0.15) is 25.7 Å². The van der Waals surface area contributed by atoms with Gasteiger partial charge in [0.2, 0.25) is 5.89 Å². The molecular weight excluding hydrogens is 176 g/mol. The Balaban J connectivity index is 2.87. The second-order valence-corrected chi connectivity index (χ2v) is 3.36. The SMILES string of the molecule is CC(C)C(CO)c1n[nH]c(=S)o1. The van der Waals surface area contributed by atoms with Crippen LogP contribution in [0.3, 0.4) is 0 Å². The molecule has 0 spiro atoms. The summed E-state index contributed by atoms with van der Waals surface area (Å²) < 4.78 is 5.09. The second-order valence-electron chi connectivity index (χ2n) is 2.98. The quantitative estimate of drug-likeness (QED) is 0.705. The molecule has 0 aliphatic heterocycles. The van der Waals surface area contributed by atoms with Crippen LogP contribution in [-0.2, 0) is 0 Å². The van der Waals surface area contributed by atoms with Gasteiger partial charge in [-0.25, -0.2) is 5.10 Å². The molecule has 0 saturated heterocycles. The maximum atomic E-state index is 9.01. The minimum absolute atomic E-state index is 0.0286. The van der Waals surface area contributed by atoms with Crippen molar-refractivity contribution in [2.75, 3.05) is 6.61 Å². The number of nitrogens with one attached hydrogen (secondary N) is 1. The molecule has 0 amide bonds.